The van der Waals surface area contributed by atoms with Gasteiger partial charge in [-0.2, -0.15) is 0 Å². The number of carbonyl (C=O) groups excluding carboxylic acids is 1. The fourth-order valence-electron chi connectivity index (χ4n) is 1.09. The summed E-state index contributed by atoms with van der Waals surface area (Å²) in [5.41, 5.74) is 1.44. The second-order valence-corrected chi connectivity index (χ2v) is 3.32. The van der Waals surface area contributed by atoms with Crippen LogP contribution in [0, 0.1) is 5.92 Å². The lowest BCUT2D eigenvalue weighted by atomic mass is 10.0. The predicted molar refractivity (Wildman–Crippen MR) is 90.8 cm³/mol. The molecule has 114 valence electrons. The van der Waals surface area contributed by atoms with E-state index in [2.05, 4.69) is 44.2 Å². The van der Waals surface area contributed by atoms with Gasteiger partial charge >= 0.3 is 0 Å². The summed E-state index contributed by atoms with van der Waals surface area (Å²) >= 11 is 0. The van der Waals surface area contributed by atoms with Gasteiger partial charge in [-0.25, -0.2) is 0 Å². The average Bonchev–Trinajstić information content (AvgIpc) is 2.47. The van der Waals surface area contributed by atoms with E-state index < -0.39 is 0 Å². The van der Waals surface area contributed by atoms with Crippen molar-refractivity contribution < 1.29 is 4.79 Å². The lowest BCUT2D eigenvalue weighted by Crippen LogP contribution is -1.92. The molecule has 0 aliphatic rings. The Morgan fingerprint density at radius 3 is 1.47 bits per heavy atom. The Morgan fingerprint density at radius 2 is 1.21 bits per heavy atom. The maximum Gasteiger partial charge on any atom is 0.116 e. The molecule has 1 rings (SSSR count). The quantitative estimate of drug-likeness (QED) is 0.586. The van der Waals surface area contributed by atoms with E-state index in [-0.39, 0.29) is 0 Å². The summed E-state index contributed by atoms with van der Waals surface area (Å²) in [6, 6.07) is 10.6. The van der Waals surface area contributed by atoms with Gasteiger partial charge in [-0.1, -0.05) is 85.7 Å². The highest BCUT2D eigenvalue weighted by Crippen LogP contribution is 2.05. The molecule has 1 heteroatoms. The Labute approximate surface area is 122 Å². The molecule has 0 aliphatic heterocycles. The zero-order chi connectivity index (χ0) is 16.1. The molecule has 0 bridgehead atoms. The van der Waals surface area contributed by atoms with Gasteiger partial charge in [0.2, 0.25) is 0 Å². The normalized spacial score (nSPS) is 7.05. The van der Waals surface area contributed by atoms with Crippen LogP contribution in [0.25, 0.3) is 0 Å². The van der Waals surface area contributed by atoms with E-state index in [1.54, 1.807) is 0 Å². The van der Waals surface area contributed by atoms with Crippen molar-refractivity contribution in [3.63, 3.8) is 0 Å². The van der Waals surface area contributed by atoms with Gasteiger partial charge in [-0.05, 0) is 24.8 Å². The molecule has 0 unspecified atom stereocenters. The third-order valence-electron chi connectivity index (χ3n) is 1.49. The van der Waals surface area contributed by atoms with Crippen LogP contribution in [0.15, 0.2) is 30.3 Å². The standard InChI is InChI=1S/C10H14.C2H4O.3C2H6/c1-9(2)8-10-6-4-3-5-7-10;1-2-3;3*1-2/h3-7,9H,8H2,1-2H3;2H,1H3;3*1-2H3. The molecule has 0 heterocycles. The number of carbonyl (C=O) groups is 1. The Balaban J connectivity index is -0.000000106. The first-order valence-corrected chi connectivity index (χ1v) is 7.64. The third kappa shape index (κ3) is 31.6. The van der Waals surface area contributed by atoms with Crippen molar-refractivity contribution in [2.75, 3.05) is 0 Å². The maximum atomic E-state index is 8.81. The molecule has 0 fully saturated rings. The fraction of sp³-hybridized carbons (Fsp3) is 0.611. The van der Waals surface area contributed by atoms with Gasteiger partial charge in [-0.15, -0.1) is 0 Å². The largest absolute Gasteiger partial charge is 0.304 e. The summed E-state index contributed by atoms with van der Waals surface area (Å²) in [6.07, 6.45) is 1.95. The van der Waals surface area contributed by atoms with E-state index in [1.807, 2.05) is 41.5 Å². The average molecular weight is 268 g/mol. The van der Waals surface area contributed by atoms with Crippen molar-refractivity contribution in [1.29, 1.82) is 0 Å². The second kappa shape index (κ2) is 30.2. The molecule has 0 saturated carbocycles. The van der Waals surface area contributed by atoms with Gasteiger partial charge in [0.05, 0.1) is 0 Å². The molecule has 0 aromatic heterocycles. The minimum absolute atomic E-state index is 0.750. The highest BCUT2D eigenvalue weighted by Gasteiger charge is 1.94. The van der Waals surface area contributed by atoms with Crippen molar-refractivity contribution in [3.8, 4) is 0 Å². The Kier molecular flexibility index (Phi) is 42.0. The minimum Gasteiger partial charge on any atom is -0.304 e. The van der Waals surface area contributed by atoms with E-state index in [0.717, 1.165) is 12.2 Å². The highest BCUT2D eigenvalue weighted by atomic mass is 16.1. The molecule has 19 heavy (non-hydrogen) atoms. The lowest BCUT2D eigenvalue weighted by molar-refractivity contribution is -0.106. The lowest BCUT2D eigenvalue weighted by Gasteiger charge is -2.02. The summed E-state index contributed by atoms with van der Waals surface area (Å²) in [7, 11) is 0. The molecule has 1 aromatic carbocycles. The first-order chi connectivity index (χ1) is 9.20. The van der Waals surface area contributed by atoms with E-state index in [0.29, 0.717) is 0 Å². The van der Waals surface area contributed by atoms with Crippen LogP contribution in [0.4, 0.5) is 0 Å². The summed E-state index contributed by atoms with van der Waals surface area (Å²) < 4.78 is 0. The second-order valence-electron chi connectivity index (χ2n) is 3.32. The van der Waals surface area contributed by atoms with E-state index in [4.69, 9.17) is 4.79 Å². The van der Waals surface area contributed by atoms with Crippen molar-refractivity contribution >= 4 is 6.29 Å². The summed E-state index contributed by atoms with van der Waals surface area (Å²) in [4.78, 5) is 8.81. The van der Waals surface area contributed by atoms with Crippen LogP contribution < -0.4 is 0 Å². The fourth-order valence-corrected chi connectivity index (χ4v) is 1.09. The zero-order valence-corrected chi connectivity index (χ0v) is 14.7. The number of rotatable bonds is 2. The van der Waals surface area contributed by atoms with Gasteiger partial charge in [0.15, 0.2) is 0 Å². The van der Waals surface area contributed by atoms with Crippen molar-refractivity contribution in [2.24, 2.45) is 5.92 Å². The maximum absolute atomic E-state index is 8.81. The van der Waals surface area contributed by atoms with Gasteiger partial charge in [-0.3, -0.25) is 0 Å². The van der Waals surface area contributed by atoms with Crippen LogP contribution in [0.5, 0.6) is 0 Å². The van der Waals surface area contributed by atoms with Crippen molar-refractivity contribution in [1.82, 2.24) is 0 Å². The number of benzene rings is 1. The molecule has 0 spiro atoms. The van der Waals surface area contributed by atoms with Gasteiger partial charge in [0.1, 0.15) is 6.29 Å². The molecular formula is C18H36O. The van der Waals surface area contributed by atoms with E-state index in [1.165, 1.54) is 18.9 Å². The van der Waals surface area contributed by atoms with Crippen molar-refractivity contribution in [3.05, 3.63) is 35.9 Å². The first kappa shape index (κ1) is 26.5. The number of hydrogen-bond acceptors (Lipinski definition) is 1. The minimum atomic E-state index is 0.750. The van der Waals surface area contributed by atoms with Crippen LogP contribution in [0.2, 0.25) is 0 Å². The summed E-state index contributed by atoms with van der Waals surface area (Å²) in [5.74, 6) is 0.766. The monoisotopic (exact) mass is 268 g/mol. The van der Waals surface area contributed by atoms with E-state index in [9.17, 15) is 0 Å². The molecule has 0 atom stereocenters. The predicted octanol–water partition coefficient (Wildman–Crippen LogP) is 6.17. The van der Waals surface area contributed by atoms with Gasteiger partial charge < -0.3 is 4.79 Å². The zero-order valence-electron chi connectivity index (χ0n) is 14.7. The molecule has 0 aliphatic carbocycles. The van der Waals surface area contributed by atoms with Gasteiger partial charge in [0.25, 0.3) is 0 Å². The summed E-state index contributed by atoms with van der Waals surface area (Å²) in [6.45, 7) is 17.9. The molecule has 1 nitrogen and oxygen atoms in total. The Morgan fingerprint density at radius 1 is 0.895 bits per heavy atom. The number of hydrogen-bond donors (Lipinski definition) is 0. The third-order valence-corrected chi connectivity index (χ3v) is 1.49. The van der Waals surface area contributed by atoms with Gasteiger partial charge in [0, 0.05) is 0 Å². The molecule has 0 radical (unpaired) electrons. The molecule has 0 amide bonds. The highest BCUT2D eigenvalue weighted by molar-refractivity contribution is 5.44. The van der Waals surface area contributed by atoms with E-state index >= 15 is 0 Å². The molecular weight excluding hydrogens is 232 g/mol. The van der Waals surface area contributed by atoms with Crippen LogP contribution in [0.1, 0.15) is 67.9 Å². The van der Waals surface area contributed by atoms with Crippen LogP contribution in [-0.4, -0.2) is 6.29 Å². The first-order valence-electron chi connectivity index (χ1n) is 7.64. The molecule has 1 aromatic rings. The van der Waals surface area contributed by atoms with Crippen LogP contribution in [-0.2, 0) is 11.2 Å². The molecule has 0 saturated heterocycles. The summed E-state index contributed by atoms with van der Waals surface area (Å²) in [5, 5.41) is 0. The Hall–Kier alpha value is -1.11. The number of aldehydes is 1. The van der Waals surface area contributed by atoms with Crippen molar-refractivity contribution in [2.45, 2.75) is 68.7 Å². The molecule has 0 N–H and O–H groups in total. The Bertz CT molecular complexity index is 214. The SMILES string of the molecule is CC.CC.CC.CC(C)Cc1ccccc1.CC=O. The van der Waals surface area contributed by atoms with Crippen LogP contribution >= 0.6 is 0 Å². The van der Waals surface area contributed by atoms with Crippen LogP contribution in [0.3, 0.4) is 0 Å². The smallest absolute Gasteiger partial charge is 0.116 e. The topological polar surface area (TPSA) is 17.1 Å².